The summed E-state index contributed by atoms with van der Waals surface area (Å²) in [7, 11) is 1.50. The van der Waals surface area contributed by atoms with E-state index in [1.54, 1.807) is 0 Å². The summed E-state index contributed by atoms with van der Waals surface area (Å²) in [6.07, 6.45) is 2.12. The molecule has 0 bridgehead atoms. The highest BCUT2D eigenvalue weighted by molar-refractivity contribution is 7.97. The Morgan fingerprint density at radius 3 is 2.18 bits per heavy atom. The first-order valence-corrected chi connectivity index (χ1v) is 4.93. The first-order chi connectivity index (χ1) is 5.43. The zero-order valence-corrected chi connectivity index (χ0v) is 7.90. The van der Waals surface area contributed by atoms with E-state index >= 15 is 0 Å². The maximum Gasteiger partial charge on any atom is 0.0181 e. The Hall–Kier alpha value is -0.470. The van der Waals surface area contributed by atoms with Crippen molar-refractivity contribution in [1.82, 2.24) is 0 Å². The third-order valence-corrected chi connectivity index (χ3v) is 1.78. The third kappa shape index (κ3) is 4.87. The Bertz CT molecular complexity index is 162. The molecule has 1 rings (SSSR count). The van der Waals surface area contributed by atoms with Crippen molar-refractivity contribution in [2.75, 3.05) is 13.3 Å². The molecule has 0 radical (unpaired) electrons. The van der Waals surface area contributed by atoms with Crippen molar-refractivity contribution in [1.29, 1.82) is 0 Å². The largest absolute Gasteiger partial charge is 0.333 e. The van der Waals surface area contributed by atoms with E-state index in [1.165, 1.54) is 12.6 Å². The molecule has 0 aliphatic rings. The quantitative estimate of drug-likeness (QED) is 0.734. The lowest BCUT2D eigenvalue weighted by Gasteiger charge is -1.93. The summed E-state index contributed by atoms with van der Waals surface area (Å²) in [5.41, 5.74) is 5.91. The van der Waals surface area contributed by atoms with Gasteiger partial charge in [0.25, 0.3) is 0 Å². The van der Waals surface area contributed by atoms with Crippen molar-refractivity contribution in [2.24, 2.45) is 5.73 Å². The first-order valence-electron chi connectivity index (χ1n) is 3.54. The molecule has 1 aromatic carbocycles. The fourth-order valence-corrected chi connectivity index (χ4v) is 1.27. The van der Waals surface area contributed by atoms with Gasteiger partial charge in [-0.1, -0.05) is 30.3 Å². The van der Waals surface area contributed by atoms with Crippen LogP contribution in [-0.2, 0) is 5.75 Å². The van der Waals surface area contributed by atoms with Gasteiger partial charge in [0.05, 0.1) is 0 Å². The number of rotatable bonds is 2. The summed E-state index contributed by atoms with van der Waals surface area (Å²) in [6, 6.07) is 10.5. The van der Waals surface area contributed by atoms with E-state index in [2.05, 4.69) is 36.3 Å². The van der Waals surface area contributed by atoms with Crippen molar-refractivity contribution in [3.63, 3.8) is 0 Å². The minimum Gasteiger partial charge on any atom is -0.333 e. The van der Waals surface area contributed by atoms with Gasteiger partial charge in [-0.15, -0.1) is 0 Å². The summed E-state index contributed by atoms with van der Waals surface area (Å²) >= 11 is 1.85. The summed E-state index contributed by atoms with van der Waals surface area (Å²) in [6.45, 7) is 0. The van der Waals surface area contributed by atoms with Gasteiger partial charge in [0.2, 0.25) is 0 Å². The highest BCUT2D eigenvalue weighted by atomic mass is 32.2. The highest BCUT2D eigenvalue weighted by Gasteiger charge is 1.84. The molecule has 11 heavy (non-hydrogen) atoms. The summed E-state index contributed by atoms with van der Waals surface area (Å²) in [5.74, 6) is 1.13. The zero-order valence-electron chi connectivity index (χ0n) is 7.08. The van der Waals surface area contributed by atoms with Crippen LogP contribution in [0.25, 0.3) is 0 Å². The van der Waals surface area contributed by atoms with Crippen LogP contribution in [-0.4, -0.2) is 13.3 Å². The van der Waals surface area contributed by atoms with Gasteiger partial charge in [0.1, 0.15) is 0 Å². The summed E-state index contributed by atoms with van der Waals surface area (Å²) < 4.78 is 0. The number of hydrogen-bond donors (Lipinski definition) is 1. The normalized spacial score (nSPS) is 8.27. The molecule has 62 valence electrons. The maximum atomic E-state index is 4.50. The van der Waals surface area contributed by atoms with Gasteiger partial charge in [0, 0.05) is 5.75 Å². The minimum absolute atomic E-state index is 1.13. The van der Waals surface area contributed by atoms with Gasteiger partial charge in [-0.05, 0) is 18.9 Å². The lowest BCUT2D eigenvalue weighted by atomic mass is 10.2. The van der Waals surface area contributed by atoms with Crippen LogP contribution in [0.2, 0.25) is 0 Å². The van der Waals surface area contributed by atoms with E-state index in [1.807, 2.05) is 17.8 Å². The van der Waals surface area contributed by atoms with Crippen molar-refractivity contribution in [3.05, 3.63) is 35.9 Å². The fourth-order valence-electron chi connectivity index (χ4n) is 0.741. The average molecular weight is 169 g/mol. The van der Waals surface area contributed by atoms with Gasteiger partial charge < -0.3 is 5.73 Å². The molecule has 0 unspecified atom stereocenters. The first kappa shape index (κ1) is 10.5. The van der Waals surface area contributed by atoms with Gasteiger partial charge in [-0.2, -0.15) is 11.8 Å². The van der Waals surface area contributed by atoms with Gasteiger partial charge >= 0.3 is 0 Å². The molecule has 2 N–H and O–H groups in total. The van der Waals surface area contributed by atoms with E-state index in [4.69, 9.17) is 0 Å². The van der Waals surface area contributed by atoms with Crippen molar-refractivity contribution >= 4 is 11.8 Å². The van der Waals surface area contributed by atoms with Crippen LogP contribution in [0.3, 0.4) is 0 Å². The molecule has 0 atom stereocenters. The Morgan fingerprint density at radius 1 is 1.18 bits per heavy atom. The second-order valence-electron chi connectivity index (χ2n) is 1.92. The smallest absolute Gasteiger partial charge is 0.0181 e. The Labute approximate surface area is 73.0 Å². The van der Waals surface area contributed by atoms with Gasteiger partial charge in [-0.25, -0.2) is 0 Å². The van der Waals surface area contributed by atoms with Gasteiger partial charge in [0.15, 0.2) is 0 Å². The molecule has 0 spiro atoms. The zero-order chi connectivity index (χ0) is 8.53. The highest BCUT2D eigenvalue weighted by Crippen LogP contribution is 2.06. The van der Waals surface area contributed by atoms with Crippen molar-refractivity contribution in [2.45, 2.75) is 5.75 Å². The fraction of sp³-hybridized carbons (Fsp3) is 0.333. The molecule has 0 aliphatic heterocycles. The predicted molar refractivity (Wildman–Crippen MR) is 53.8 cm³/mol. The third-order valence-electron chi connectivity index (χ3n) is 1.15. The molecule has 0 aliphatic carbocycles. The molecule has 0 saturated heterocycles. The molecule has 0 saturated carbocycles. The lowest BCUT2D eigenvalue weighted by Crippen LogP contribution is -1.74. The standard InChI is InChI=1S/C8H10S.CH5N/c1-9-7-8-5-3-2-4-6-8;1-2/h2-6H,7H2,1H3;2H2,1H3. The van der Waals surface area contributed by atoms with E-state index in [9.17, 15) is 0 Å². The molecule has 0 fully saturated rings. The topological polar surface area (TPSA) is 26.0 Å². The van der Waals surface area contributed by atoms with Crippen LogP contribution in [0.5, 0.6) is 0 Å². The molecule has 1 aromatic rings. The minimum atomic E-state index is 1.13. The molecular weight excluding hydrogens is 154 g/mol. The second kappa shape index (κ2) is 7.63. The van der Waals surface area contributed by atoms with Crippen LogP contribution in [0.1, 0.15) is 5.56 Å². The van der Waals surface area contributed by atoms with E-state index in [0.717, 1.165) is 5.75 Å². The number of nitrogens with two attached hydrogens (primary N) is 1. The molecular formula is C9H15NS. The van der Waals surface area contributed by atoms with E-state index in [0.29, 0.717) is 0 Å². The van der Waals surface area contributed by atoms with Crippen LogP contribution >= 0.6 is 11.8 Å². The maximum absolute atomic E-state index is 4.50. The summed E-state index contributed by atoms with van der Waals surface area (Å²) in [4.78, 5) is 0. The van der Waals surface area contributed by atoms with Crippen molar-refractivity contribution in [3.8, 4) is 0 Å². The van der Waals surface area contributed by atoms with Crippen LogP contribution in [0.4, 0.5) is 0 Å². The monoisotopic (exact) mass is 169 g/mol. The van der Waals surface area contributed by atoms with E-state index in [-0.39, 0.29) is 0 Å². The molecule has 0 aromatic heterocycles. The Balaban J connectivity index is 0.000000461. The number of hydrogen-bond acceptors (Lipinski definition) is 2. The molecule has 2 heteroatoms. The average Bonchev–Trinajstić information content (AvgIpc) is 2.11. The SMILES string of the molecule is CN.CSCc1ccccc1. The Morgan fingerprint density at radius 2 is 1.73 bits per heavy atom. The summed E-state index contributed by atoms with van der Waals surface area (Å²) in [5, 5.41) is 0. The predicted octanol–water partition coefficient (Wildman–Crippen LogP) is 2.12. The Kier molecular flexibility index (Phi) is 7.31. The van der Waals surface area contributed by atoms with Crippen LogP contribution in [0.15, 0.2) is 30.3 Å². The lowest BCUT2D eigenvalue weighted by molar-refractivity contribution is 1.42. The number of benzene rings is 1. The van der Waals surface area contributed by atoms with Crippen molar-refractivity contribution < 1.29 is 0 Å². The van der Waals surface area contributed by atoms with Gasteiger partial charge in [-0.3, -0.25) is 0 Å². The molecule has 0 amide bonds. The van der Waals surface area contributed by atoms with E-state index < -0.39 is 0 Å². The molecule has 1 nitrogen and oxygen atoms in total. The molecule has 0 heterocycles. The van der Waals surface area contributed by atoms with Crippen LogP contribution < -0.4 is 5.73 Å². The number of thioether (sulfide) groups is 1. The second-order valence-corrected chi connectivity index (χ2v) is 2.78. The van der Waals surface area contributed by atoms with Crippen LogP contribution in [0, 0.1) is 0 Å².